The van der Waals surface area contributed by atoms with Gasteiger partial charge in [-0.05, 0) is 36.6 Å². The molecule has 1 heterocycles. The molecule has 2 aromatic rings. The van der Waals surface area contributed by atoms with Crippen LogP contribution in [0.5, 0.6) is 0 Å². The molecular weight excluding hydrogens is 333 g/mol. The van der Waals surface area contributed by atoms with E-state index < -0.39 is 12.0 Å². The molecule has 1 aliphatic carbocycles. The number of anilines is 1. The third-order valence-electron chi connectivity index (χ3n) is 3.05. The minimum atomic E-state index is -1.37. The molecule has 1 atom stereocenters. The summed E-state index contributed by atoms with van der Waals surface area (Å²) >= 11 is 13.0. The van der Waals surface area contributed by atoms with Crippen LogP contribution in [-0.2, 0) is 4.79 Å². The van der Waals surface area contributed by atoms with Crippen LogP contribution in [0.4, 0.5) is 5.13 Å². The zero-order valence-electron chi connectivity index (χ0n) is 10.7. The van der Waals surface area contributed by atoms with E-state index in [1.165, 1.54) is 29.5 Å². The second-order valence-corrected chi connectivity index (χ2v) is 6.70. The first-order valence-electron chi connectivity index (χ1n) is 6.31. The summed E-state index contributed by atoms with van der Waals surface area (Å²) in [5.41, 5.74) is 0.330. The Morgan fingerprint density at radius 1 is 1.29 bits per heavy atom. The number of aliphatic hydroxyl groups excluding tert-OH is 1. The largest absolute Gasteiger partial charge is 0.378 e. The van der Waals surface area contributed by atoms with Crippen LogP contribution in [0.15, 0.2) is 18.2 Å². The topological polar surface area (TPSA) is 75.1 Å². The van der Waals surface area contributed by atoms with Crippen molar-refractivity contribution in [2.24, 2.45) is 0 Å². The summed E-state index contributed by atoms with van der Waals surface area (Å²) in [5.74, 6) is -0.114. The van der Waals surface area contributed by atoms with Gasteiger partial charge in [0.2, 0.25) is 5.13 Å². The molecule has 0 saturated heterocycles. The fourth-order valence-corrected chi connectivity index (χ4v) is 3.30. The molecule has 0 spiro atoms. The fraction of sp³-hybridized carbons (Fsp3) is 0.308. The van der Waals surface area contributed by atoms with Gasteiger partial charge in [0, 0.05) is 16.0 Å². The lowest BCUT2D eigenvalue weighted by atomic mass is 10.1. The van der Waals surface area contributed by atoms with E-state index in [0.717, 1.165) is 17.8 Å². The van der Waals surface area contributed by atoms with Gasteiger partial charge in [0.1, 0.15) is 5.01 Å². The summed E-state index contributed by atoms with van der Waals surface area (Å²) in [6, 6.07) is 4.52. The van der Waals surface area contributed by atoms with E-state index >= 15 is 0 Å². The highest BCUT2D eigenvalue weighted by molar-refractivity contribution is 7.15. The monoisotopic (exact) mass is 343 g/mol. The first-order chi connectivity index (χ1) is 10.0. The third kappa shape index (κ3) is 3.52. The van der Waals surface area contributed by atoms with Gasteiger partial charge in [-0.1, -0.05) is 34.5 Å². The highest BCUT2D eigenvalue weighted by Crippen LogP contribution is 2.42. The van der Waals surface area contributed by atoms with Gasteiger partial charge in [0.15, 0.2) is 6.10 Å². The average molecular weight is 344 g/mol. The zero-order valence-corrected chi connectivity index (χ0v) is 13.0. The summed E-state index contributed by atoms with van der Waals surface area (Å²) in [4.78, 5) is 12.0. The van der Waals surface area contributed by atoms with E-state index in [0.29, 0.717) is 26.7 Å². The first kappa shape index (κ1) is 14.7. The maximum Gasteiger partial charge on any atom is 0.259 e. The summed E-state index contributed by atoms with van der Waals surface area (Å²) in [6.07, 6.45) is 0.868. The molecule has 21 heavy (non-hydrogen) atoms. The number of nitrogens with zero attached hydrogens (tertiary/aromatic N) is 2. The Balaban J connectivity index is 1.71. The standard InChI is InChI=1S/C13H11Cl2N3O2S/c14-8-3-7(4-9(15)5-8)10(19)11(20)16-13-18-17-12(21-13)6-1-2-6/h3-6,10,19H,1-2H2,(H,16,18,20). The van der Waals surface area contributed by atoms with Gasteiger partial charge in [0.25, 0.3) is 5.91 Å². The number of carbonyl (C=O) groups is 1. The van der Waals surface area contributed by atoms with Crippen LogP contribution in [-0.4, -0.2) is 21.2 Å². The van der Waals surface area contributed by atoms with Gasteiger partial charge in [-0.25, -0.2) is 0 Å². The molecule has 0 aliphatic heterocycles. The predicted octanol–water partition coefficient (Wildman–Crippen LogP) is 3.39. The number of halogens is 2. The van der Waals surface area contributed by atoms with Crippen LogP contribution in [0.1, 0.15) is 35.4 Å². The Morgan fingerprint density at radius 2 is 1.95 bits per heavy atom. The lowest BCUT2D eigenvalue weighted by molar-refractivity contribution is -0.124. The lowest BCUT2D eigenvalue weighted by Crippen LogP contribution is -2.20. The molecule has 1 saturated carbocycles. The van der Waals surface area contributed by atoms with Gasteiger partial charge in [-0.15, -0.1) is 10.2 Å². The second kappa shape index (κ2) is 5.88. The number of hydrogen-bond donors (Lipinski definition) is 2. The fourth-order valence-electron chi connectivity index (χ4n) is 1.84. The minimum Gasteiger partial charge on any atom is -0.378 e. The number of aromatic nitrogens is 2. The smallest absolute Gasteiger partial charge is 0.259 e. The van der Waals surface area contributed by atoms with Crippen molar-refractivity contribution >= 4 is 45.6 Å². The van der Waals surface area contributed by atoms with Crippen molar-refractivity contribution in [2.45, 2.75) is 24.9 Å². The van der Waals surface area contributed by atoms with Crippen molar-refractivity contribution in [3.8, 4) is 0 Å². The molecule has 2 N–H and O–H groups in total. The number of benzene rings is 1. The van der Waals surface area contributed by atoms with E-state index in [9.17, 15) is 9.90 Å². The summed E-state index contributed by atoms with van der Waals surface area (Å²) in [5, 5.41) is 22.6. The molecule has 1 fully saturated rings. The molecule has 0 bridgehead atoms. The highest BCUT2D eigenvalue weighted by Gasteiger charge is 2.28. The molecule has 0 radical (unpaired) electrons. The van der Waals surface area contributed by atoms with Crippen molar-refractivity contribution in [1.82, 2.24) is 10.2 Å². The maximum atomic E-state index is 12.0. The molecule has 1 unspecified atom stereocenters. The number of nitrogens with one attached hydrogen (secondary N) is 1. The van der Waals surface area contributed by atoms with Gasteiger partial charge in [0.05, 0.1) is 0 Å². The molecule has 110 valence electrons. The van der Waals surface area contributed by atoms with Gasteiger partial charge in [-0.2, -0.15) is 0 Å². The Kier molecular flexibility index (Phi) is 4.12. The number of rotatable bonds is 4. The molecule has 5 nitrogen and oxygen atoms in total. The average Bonchev–Trinajstić information content (AvgIpc) is 3.17. The van der Waals surface area contributed by atoms with Gasteiger partial charge in [-0.3, -0.25) is 10.1 Å². The van der Waals surface area contributed by atoms with E-state index in [-0.39, 0.29) is 0 Å². The van der Waals surface area contributed by atoms with Crippen LogP contribution in [0.3, 0.4) is 0 Å². The molecule has 3 rings (SSSR count). The Morgan fingerprint density at radius 3 is 2.57 bits per heavy atom. The van der Waals surface area contributed by atoms with E-state index in [1.807, 2.05) is 0 Å². The maximum absolute atomic E-state index is 12.0. The van der Waals surface area contributed by atoms with Crippen LogP contribution in [0.2, 0.25) is 10.0 Å². The van der Waals surface area contributed by atoms with E-state index in [4.69, 9.17) is 23.2 Å². The van der Waals surface area contributed by atoms with Crippen LogP contribution in [0.25, 0.3) is 0 Å². The highest BCUT2D eigenvalue weighted by atomic mass is 35.5. The van der Waals surface area contributed by atoms with Crippen molar-refractivity contribution in [2.75, 3.05) is 5.32 Å². The Bertz CT molecular complexity index is 668. The molecule has 1 aromatic carbocycles. The Labute approximate surface area is 134 Å². The van der Waals surface area contributed by atoms with Crippen LogP contribution < -0.4 is 5.32 Å². The predicted molar refractivity (Wildman–Crippen MR) is 81.9 cm³/mol. The van der Waals surface area contributed by atoms with Crippen molar-refractivity contribution in [1.29, 1.82) is 0 Å². The minimum absolute atomic E-state index is 0.330. The van der Waals surface area contributed by atoms with Crippen molar-refractivity contribution in [3.63, 3.8) is 0 Å². The SMILES string of the molecule is O=C(Nc1nnc(C2CC2)s1)C(O)c1cc(Cl)cc(Cl)c1. The lowest BCUT2D eigenvalue weighted by Gasteiger charge is -2.10. The van der Waals surface area contributed by atoms with Crippen molar-refractivity contribution in [3.05, 3.63) is 38.8 Å². The number of amides is 1. The van der Waals surface area contributed by atoms with Crippen molar-refractivity contribution < 1.29 is 9.90 Å². The molecular formula is C13H11Cl2N3O2S. The Hall–Kier alpha value is -1.21. The number of hydrogen-bond acceptors (Lipinski definition) is 5. The quantitative estimate of drug-likeness (QED) is 0.891. The first-order valence-corrected chi connectivity index (χ1v) is 7.88. The number of aliphatic hydroxyl groups is 1. The summed E-state index contributed by atoms with van der Waals surface area (Å²) in [7, 11) is 0. The molecule has 8 heteroatoms. The summed E-state index contributed by atoms with van der Waals surface area (Å²) in [6.45, 7) is 0. The van der Waals surface area contributed by atoms with E-state index in [1.54, 1.807) is 0 Å². The normalized spacial score (nSPS) is 15.8. The second-order valence-electron chi connectivity index (χ2n) is 4.81. The van der Waals surface area contributed by atoms with Crippen LogP contribution >= 0.6 is 34.5 Å². The van der Waals surface area contributed by atoms with Crippen LogP contribution in [0, 0.1) is 0 Å². The van der Waals surface area contributed by atoms with Gasteiger partial charge < -0.3 is 5.11 Å². The zero-order chi connectivity index (χ0) is 15.0. The third-order valence-corrected chi connectivity index (χ3v) is 4.48. The molecule has 1 aliphatic rings. The van der Waals surface area contributed by atoms with E-state index in [2.05, 4.69) is 15.5 Å². The van der Waals surface area contributed by atoms with Gasteiger partial charge >= 0.3 is 0 Å². The molecule has 1 aromatic heterocycles. The summed E-state index contributed by atoms with van der Waals surface area (Å²) < 4.78 is 0. The molecule has 1 amide bonds. The number of carbonyl (C=O) groups excluding carboxylic acids is 1.